The molecule has 0 radical (unpaired) electrons. The number of aromatic amines is 1. The fraction of sp³-hybridized carbons (Fsp3) is 0.625. The van der Waals surface area contributed by atoms with E-state index < -0.39 is 0 Å². The van der Waals surface area contributed by atoms with Crippen LogP contribution in [0.15, 0.2) is 6.07 Å². The van der Waals surface area contributed by atoms with Gasteiger partial charge in [0.15, 0.2) is 5.65 Å². The van der Waals surface area contributed by atoms with Crippen LogP contribution >= 0.6 is 23.2 Å². The maximum absolute atomic E-state index is 6.01. The molecule has 0 saturated heterocycles. The molecule has 1 N–H and O–H groups in total. The molecule has 1 aliphatic carbocycles. The van der Waals surface area contributed by atoms with E-state index in [0.717, 1.165) is 17.3 Å². The molecule has 3 nitrogen and oxygen atoms in total. The average molecular weight is 326 g/mol. The second kappa shape index (κ2) is 5.44. The first-order valence-corrected chi connectivity index (χ1v) is 8.32. The highest BCUT2D eigenvalue weighted by Crippen LogP contribution is 2.42. The molecule has 0 spiro atoms. The first kappa shape index (κ1) is 15.1. The standard InChI is InChI=1S/C16H21Cl2N3/c1-16(2,3)10-6-4-9(5-7-10)14-19-12-8-11(17)13(18)20-15(12)21-14/h8-10H,4-7H2,1-3H3,(H,19,20,21). The van der Waals surface area contributed by atoms with Gasteiger partial charge in [0.25, 0.3) is 0 Å². The van der Waals surface area contributed by atoms with Crippen LogP contribution < -0.4 is 0 Å². The van der Waals surface area contributed by atoms with Crippen molar-refractivity contribution in [1.29, 1.82) is 0 Å². The Kier molecular flexibility index (Phi) is 3.91. The normalized spacial score (nSPS) is 23.7. The van der Waals surface area contributed by atoms with Gasteiger partial charge in [0.05, 0.1) is 10.5 Å². The Labute approximate surface area is 135 Å². The van der Waals surface area contributed by atoms with Crippen LogP contribution in [0.1, 0.15) is 58.2 Å². The molecular weight excluding hydrogens is 305 g/mol. The Morgan fingerprint density at radius 3 is 2.38 bits per heavy atom. The topological polar surface area (TPSA) is 41.6 Å². The van der Waals surface area contributed by atoms with Gasteiger partial charge in [-0.25, -0.2) is 9.97 Å². The number of hydrogen-bond donors (Lipinski definition) is 1. The second-order valence-electron chi connectivity index (χ2n) is 7.17. The highest BCUT2D eigenvalue weighted by molar-refractivity contribution is 6.41. The van der Waals surface area contributed by atoms with Gasteiger partial charge < -0.3 is 4.98 Å². The summed E-state index contributed by atoms with van der Waals surface area (Å²) < 4.78 is 0. The van der Waals surface area contributed by atoms with Crippen molar-refractivity contribution in [1.82, 2.24) is 15.0 Å². The van der Waals surface area contributed by atoms with Gasteiger partial charge >= 0.3 is 0 Å². The number of hydrogen-bond acceptors (Lipinski definition) is 2. The molecule has 1 fully saturated rings. The van der Waals surface area contributed by atoms with Crippen LogP contribution in [-0.4, -0.2) is 15.0 Å². The van der Waals surface area contributed by atoms with Crippen LogP contribution in [0, 0.1) is 11.3 Å². The van der Waals surface area contributed by atoms with Crippen LogP contribution in [0.3, 0.4) is 0 Å². The van der Waals surface area contributed by atoms with E-state index >= 15 is 0 Å². The lowest BCUT2D eigenvalue weighted by molar-refractivity contribution is 0.167. The van der Waals surface area contributed by atoms with E-state index in [4.69, 9.17) is 23.2 Å². The van der Waals surface area contributed by atoms with Crippen LogP contribution in [-0.2, 0) is 0 Å². The number of rotatable bonds is 1. The first-order chi connectivity index (χ1) is 9.84. The fourth-order valence-electron chi connectivity index (χ4n) is 3.34. The van der Waals surface area contributed by atoms with Crippen molar-refractivity contribution < 1.29 is 0 Å². The summed E-state index contributed by atoms with van der Waals surface area (Å²) in [5.74, 6) is 2.33. The van der Waals surface area contributed by atoms with Crippen molar-refractivity contribution in [3.63, 3.8) is 0 Å². The molecule has 21 heavy (non-hydrogen) atoms. The zero-order valence-electron chi connectivity index (χ0n) is 12.7. The first-order valence-electron chi connectivity index (χ1n) is 7.56. The summed E-state index contributed by atoms with van der Waals surface area (Å²) in [4.78, 5) is 12.2. The van der Waals surface area contributed by atoms with E-state index in [1.54, 1.807) is 0 Å². The molecule has 0 amide bonds. The molecule has 114 valence electrons. The molecule has 5 heteroatoms. The highest BCUT2D eigenvalue weighted by atomic mass is 35.5. The maximum Gasteiger partial charge on any atom is 0.179 e. The molecule has 0 unspecified atom stereocenters. The predicted octanol–water partition coefficient (Wildman–Crippen LogP) is 5.58. The molecule has 2 aromatic heterocycles. The number of nitrogens with zero attached hydrogens (tertiary/aromatic N) is 2. The number of fused-ring (bicyclic) bond motifs is 1. The fourth-order valence-corrected chi connectivity index (χ4v) is 3.63. The Morgan fingerprint density at radius 2 is 1.76 bits per heavy atom. The number of halogens is 2. The Morgan fingerprint density at radius 1 is 1.10 bits per heavy atom. The molecule has 2 aromatic rings. The van der Waals surface area contributed by atoms with E-state index in [1.807, 2.05) is 6.07 Å². The minimum Gasteiger partial charge on any atom is -0.340 e. The SMILES string of the molecule is CC(C)(C)C1CCC(c2nc3nc(Cl)c(Cl)cc3[nH]2)CC1. The average Bonchev–Trinajstić information content (AvgIpc) is 2.81. The molecule has 3 rings (SSSR count). The van der Waals surface area contributed by atoms with Gasteiger partial charge in [-0.1, -0.05) is 44.0 Å². The maximum atomic E-state index is 6.01. The lowest BCUT2D eigenvalue weighted by Crippen LogP contribution is -2.25. The lowest BCUT2D eigenvalue weighted by Gasteiger charge is -2.36. The summed E-state index contributed by atoms with van der Waals surface area (Å²) in [6.45, 7) is 7.02. The Balaban J connectivity index is 1.79. The molecule has 2 heterocycles. The molecule has 1 aliphatic rings. The Hall–Kier alpha value is -0.800. The summed E-state index contributed by atoms with van der Waals surface area (Å²) in [7, 11) is 0. The van der Waals surface area contributed by atoms with Gasteiger partial charge in [-0.3, -0.25) is 0 Å². The quantitative estimate of drug-likeness (QED) is 0.695. The van der Waals surface area contributed by atoms with Gasteiger partial charge in [-0.05, 0) is 43.1 Å². The van der Waals surface area contributed by atoms with Gasteiger partial charge in [0, 0.05) is 5.92 Å². The van der Waals surface area contributed by atoms with Crippen molar-refractivity contribution in [2.75, 3.05) is 0 Å². The van der Waals surface area contributed by atoms with Crippen LogP contribution in [0.25, 0.3) is 11.2 Å². The number of imidazole rings is 1. The van der Waals surface area contributed by atoms with E-state index in [1.165, 1.54) is 25.7 Å². The van der Waals surface area contributed by atoms with Crippen molar-refractivity contribution >= 4 is 34.4 Å². The summed E-state index contributed by atoms with van der Waals surface area (Å²) in [6, 6.07) is 1.81. The van der Waals surface area contributed by atoms with Gasteiger partial charge in [-0.15, -0.1) is 0 Å². The molecule has 0 aliphatic heterocycles. The number of H-pyrrole nitrogens is 1. The number of aromatic nitrogens is 3. The van der Waals surface area contributed by atoms with Gasteiger partial charge in [0.2, 0.25) is 0 Å². The Bertz CT molecular complexity index is 610. The van der Waals surface area contributed by atoms with E-state index in [0.29, 0.717) is 27.2 Å². The van der Waals surface area contributed by atoms with E-state index in [9.17, 15) is 0 Å². The summed E-state index contributed by atoms with van der Waals surface area (Å²) in [6.07, 6.45) is 4.90. The molecule has 0 atom stereocenters. The molecular formula is C16H21Cl2N3. The molecule has 0 bridgehead atoms. The van der Waals surface area contributed by atoms with Gasteiger partial charge in [-0.2, -0.15) is 0 Å². The van der Waals surface area contributed by atoms with E-state index in [2.05, 4.69) is 35.7 Å². The van der Waals surface area contributed by atoms with Crippen LogP contribution in [0.5, 0.6) is 0 Å². The molecule has 0 aromatic carbocycles. The third kappa shape index (κ3) is 3.04. The van der Waals surface area contributed by atoms with Crippen LogP contribution in [0.4, 0.5) is 0 Å². The smallest absolute Gasteiger partial charge is 0.179 e. The van der Waals surface area contributed by atoms with Crippen LogP contribution in [0.2, 0.25) is 10.2 Å². The lowest BCUT2D eigenvalue weighted by atomic mass is 9.70. The zero-order chi connectivity index (χ0) is 15.2. The minimum absolute atomic E-state index is 0.318. The largest absolute Gasteiger partial charge is 0.340 e. The number of pyridine rings is 1. The number of nitrogens with one attached hydrogen (secondary N) is 1. The third-order valence-electron chi connectivity index (χ3n) is 4.74. The minimum atomic E-state index is 0.318. The van der Waals surface area contributed by atoms with Gasteiger partial charge in [0.1, 0.15) is 11.0 Å². The van der Waals surface area contributed by atoms with Crippen molar-refractivity contribution in [2.24, 2.45) is 11.3 Å². The third-order valence-corrected chi connectivity index (χ3v) is 5.41. The van der Waals surface area contributed by atoms with Crippen molar-refractivity contribution in [3.05, 3.63) is 22.1 Å². The predicted molar refractivity (Wildman–Crippen MR) is 88.1 cm³/mol. The zero-order valence-corrected chi connectivity index (χ0v) is 14.2. The summed E-state index contributed by atoms with van der Waals surface area (Å²) in [5, 5.41) is 0.787. The van der Waals surface area contributed by atoms with Crippen molar-refractivity contribution in [3.8, 4) is 0 Å². The van der Waals surface area contributed by atoms with Crippen molar-refractivity contribution in [2.45, 2.75) is 52.4 Å². The summed E-state index contributed by atoms with van der Waals surface area (Å²) in [5.41, 5.74) is 1.94. The monoisotopic (exact) mass is 325 g/mol. The molecule has 1 saturated carbocycles. The highest BCUT2D eigenvalue weighted by Gasteiger charge is 2.31. The van der Waals surface area contributed by atoms with E-state index in [-0.39, 0.29) is 0 Å². The summed E-state index contributed by atoms with van der Waals surface area (Å²) >= 11 is 12.0. The second-order valence-corrected chi connectivity index (χ2v) is 7.93.